The van der Waals surface area contributed by atoms with Gasteiger partial charge in [0.1, 0.15) is 5.82 Å². The molecule has 1 rings (SSSR count). The monoisotopic (exact) mass is 260 g/mol. The Bertz CT molecular complexity index is 375. The summed E-state index contributed by atoms with van der Waals surface area (Å²) in [5, 5.41) is 0. The summed E-state index contributed by atoms with van der Waals surface area (Å²) in [6.07, 6.45) is -2.15. The second-order valence-electron chi connectivity index (χ2n) is 4.71. The van der Waals surface area contributed by atoms with Gasteiger partial charge in [-0.05, 0) is 24.5 Å². The van der Waals surface area contributed by atoms with Gasteiger partial charge in [0.2, 0.25) is 0 Å². The minimum absolute atomic E-state index is 0.0422. The second kappa shape index (κ2) is 6.07. The molecule has 0 spiro atoms. The van der Waals surface area contributed by atoms with Crippen molar-refractivity contribution in [2.45, 2.75) is 33.4 Å². The van der Waals surface area contributed by atoms with Gasteiger partial charge in [-0.15, -0.1) is 0 Å². The second-order valence-corrected chi connectivity index (χ2v) is 4.71. The Morgan fingerprint density at radius 2 is 2.00 bits per heavy atom. The first kappa shape index (κ1) is 14.8. The number of nitrogens with zero attached hydrogens (tertiary/aromatic N) is 2. The molecule has 0 aromatic carbocycles. The van der Waals surface area contributed by atoms with E-state index in [0.29, 0.717) is 19.0 Å². The van der Waals surface area contributed by atoms with Crippen LogP contribution in [0.3, 0.4) is 0 Å². The molecule has 0 aliphatic carbocycles. The zero-order valence-electron chi connectivity index (χ0n) is 11.0. The maximum absolute atomic E-state index is 12.9. The summed E-state index contributed by atoms with van der Waals surface area (Å²) < 4.78 is 38.8. The van der Waals surface area contributed by atoms with Crippen LogP contribution >= 0.6 is 0 Å². The summed E-state index contributed by atoms with van der Waals surface area (Å²) in [6.45, 7) is 7.08. The van der Waals surface area contributed by atoms with E-state index in [1.54, 1.807) is 4.90 Å². The minimum Gasteiger partial charge on any atom is -0.356 e. The summed E-state index contributed by atoms with van der Waals surface area (Å²) in [6, 6.07) is 2.41. The van der Waals surface area contributed by atoms with Gasteiger partial charge in [0, 0.05) is 19.3 Å². The number of aromatic nitrogens is 1. The smallest absolute Gasteiger partial charge is 0.356 e. The molecule has 0 atom stereocenters. The van der Waals surface area contributed by atoms with Gasteiger partial charge in [0.05, 0.1) is 5.56 Å². The molecule has 0 N–H and O–H groups in total. The zero-order chi connectivity index (χ0) is 13.8. The van der Waals surface area contributed by atoms with E-state index in [-0.39, 0.29) is 5.82 Å². The number of hydrogen-bond donors (Lipinski definition) is 0. The lowest BCUT2D eigenvalue weighted by atomic mass is 10.1. The molecular weight excluding hydrogens is 241 g/mol. The number of pyridine rings is 1. The third-order valence-electron chi connectivity index (χ3n) is 2.47. The molecular formula is C13H19F3N2. The van der Waals surface area contributed by atoms with Gasteiger partial charge in [0.25, 0.3) is 0 Å². The molecule has 18 heavy (non-hydrogen) atoms. The Labute approximate surface area is 106 Å². The first-order chi connectivity index (χ1) is 8.36. The summed E-state index contributed by atoms with van der Waals surface area (Å²) in [5.74, 6) is 0.334. The normalized spacial score (nSPS) is 11.9. The largest absolute Gasteiger partial charge is 0.419 e. The standard InChI is InChI=1S/C13H19F3N2/c1-4-8-18(9-10(2)3)12-11(13(14,15)16)6-5-7-17-12/h5-7,10H,4,8-9H2,1-3H3. The Morgan fingerprint density at radius 3 is 2.50 bits per heavy atom. The highest BCUT2D eigenvalue weighted by molar-refractivity contribution is 5.48. The third kappa shape index (κ3) is 3.89. The third-order valence-corrected chi connectivity index (χ3v) is 2.47. The fraction of sp³-hybridized carbons (Fsp3) is 0.615. The molecule has 0 saturated heterocycles. The Kier molecular flexibility index (Phi) is 4.99. The first-order valence-electron chi connectivity index (χ1n) is 6.13. The van der Waals surface area contributed by atoms with Gasteiger partial charge >= 0.3 is 6.18 Å². The van der Waals surface area contributed by atoms with Crippen molar-refractivity contribution in [2.75, 3.05) is 18.0 Å². The fourth-order valence-corrected chi connectivity index (χ4v) is 1.86. The lowest BCUT2D eigenvalue weighted by Crippen LogP contribution is -2.31. The predicted molar refractivity (Wildman–Crippen MR) is 66.6 cm³/mol. The minimum atomic E-state index is -4.35. The molecule has 0 unspecified atom stereocenters. The van der Waals surface area contributed by atoms with E-state index >= 15 is 0 Å². The van der Waals surface area contributed by atoms with Crippen molar-refractivity contribution in [1.29, 1.82) is 0 Å². The molecule has 0 radical (unpaired) electrons. The van der Waals surface area contributed by atoms with Crippen molar-refractivity contribution in [3.63, 3.8) is 0 Å². The summed E-state index contributed by atoms with van der Waals surface area (Å²) in [5.41, 5.74) is -0.654. The molecule has 5 heteroatoms. The number of alkyl halides is 3. The fourth-order valence-electron chi connectivity index (χ4n) is 1.86. The molecule has 1 aromatic heterocycles. The summed E-state index contributed by atoms with van der Waals surface area (Å²) in [4.78, 5) is 5.64. The van der Waals surface area contributed by atoms with Gasteiger partial charge in [-0.2, -0.15) is 13.2 Å². The van der Waals surface area contributed by atoms with Crippen LogP contribution in [0.4, 0.5) is 19.0 Å². The number of rotatable bonds is 5. The van der Waals surface area contributed by atoms with Gasteiger partial charge in [0.15, 0.2) is 0 Å². The van der Waals surface area contributed by atoms with E-state index in [1.807, 2.05) is 20.8 Å². The average Bonchev–Trinajstić information content (AvgIpc) is 2.27. The maximum Gasteiger partial charge on any atom is 0.419 e. The van der Waals surface area contributed by atoms with Crippen LogP contribution in [0.5, 0.6) is 0 Å². The van der Waals surface area contributed by atoms with Crippen molar-refractivity contribution >= 4 is 5.82 Å². The van der Waals surface area contributed by atoms with Crippen LogP contribution < -0.4 is 4.90 Å². The number of anilines is 1. The lowest BCUT2D eigenvalue weighted by Gasteiger charge is -2.27. The van der Waals surface area contributed by atoms with E-state index < -0.39 is 11.7 Å². The van der Waals surface area contributed by atoms with E-state index in [0.717, 1.165) is 12.5 Å². The highest BCUT2D eigenvalue weighted by Crippen LogP contribution is 2.35. The van der Waals surface area contributed by atoms with Crippen LogP contribution in [0.1, 0.15) is 32.8 Å². The molecule has 1 heterocycles. The molecule has 0 aliphatic heterocycles. The van der Waals surface area contributed by atoms with Crippen LogP contribution in [0.25, 0.3) is 0 Å². The van der Waals surface area contributed by atoms with Gasteiger partial charge in [-0.25, -0.2) is 4.98 Å². The number of hydrogen-bond acceptors (Lipinski definition) is 2. The van der Waals surface area contributed by atoms with Crippen molar-refractivity contribution in [3.05, 3.63) is 23.9 Å². The van der Waals surface area contributed by atoms with Crippen LogP contribution in [0.2, 0.25) is 0 Å². The van der Waals surface area contributed by atoms with Crippen molar-refractivity contribution in [2.24, 2.45) is 5.92 Å². The van der Waals surface area contributed by atoms with E-state index in [2.05, 4.69) is 4.98 Å². The van der Waals surface area contributed by atoms with E-state index in [9.17, 15) is 13.2 Å². The van der Waals surface area contributed by atoms with Crippen LogP contribution in [-0.2, 0) is 6.18 Å². The average molecular weight is 260 g/mol. The van der Waals surface area contributed by atoms with Crippen molar-refractivity contribution in [1.82, 2.24) is 4.98 Å². The van der Waals surface area contributed by atoms with E-state index in [4.69, 9.17) is 0 Å². The first-order valence-corrected chi connectivity index (χ1v) is 6.13. The molecule has 1 aromatic rings. The Hall–Kier alpha value is -1.26. The summed E-state index contributed by atoms with van der Waals surface area (Å²) in [7, 11) is 0. The van der Waals surface area contributed by atoms with Crippen molar-refractivity contribution in [3.8, 4) is 0 Å². The topological polar surface area (TPSA) is 16.1 Å². The molecule has 102 valence electrons. The van der Waals surface area contributed by atoms with Crippen LogP contribution in [-0.4, -0.2) is 18.1 Å². The maximum atomic E-state index is 12.9. The zero-order valence-corrected chi connectivity index (χ0v) is 11.0. The highest BCUT2D eigenvalue weighted by Gasteiger charge is 2.35. The predicted octanol–water partition coefficient (Wildman–Crippen LogP) is 3.97. The molecule has 0 aliphatic rings. The van der Waals surface area contributed by atoms with Crippen LogP contribution in [0, 0.1) is 5.92 Å². The SMILES string of the molecule is CCCN(CC(C)C)c1ncccc1C(F)(F)F. The lowest BCUT2D eigenvalue weighted by molar-refractivity contribution is -0.137. The molecule has 0 amide bonds. The van der Waals surface area contributed by atoms with Gasteiger partial charge in [-0.1, -0.05) is 20.8 Å². The van der Waals surface area contributed by atoms with E-state index in [1.165, 1.54) is 12.3 Å². The highest BCUT2D eigenvalue weighted by atomic mass is 19.4. The Morgan fingerprint density at radius 1 is 1.33 bits per heavy atom. The van der Waals surface area contributed by atoms with Crippen LogP contribution in [0.15, 0.2) is 18.3 Å². The molecule has 2 nitrogen and oxygen atoms in total. The molecule has 0 bridgehead atoms. The number of halogens is 3. The summed E-state index contributed by atoms with van der Waals surface area (Å²) >= 11 is 0. The molecule has 0 fully saturated rings. The molecule has 0 saturated carbocycles. The quantitative estimate of drug-likeness (QED) is 0.796. The van der Waals surface area contributed by atoms with Gasteiger partial charge < -0.3 is 4.90 Å². The Balaban J connectivity index is 3.11. The van der Waals surface area contributed by atoms with Crippen molar-refractivity contribution < 1.29 is 13.2 Å². The van der Waals surface area contributed by atoms with Gasteiger partial charge in [-0.3, -0.25) is 0 Å².